The maximum atomic E-state index is 11.5. The number of carboxylic acids is 1. The van der Waals surface area contributed by atoms with Crippen LogP contribution in [0.5, 0.6) is 5.75 Å². The van der Waals surface area contributed by atoms with Crippen molar-refractivity contribution in [1.29, 1.82) is 0 Å². The number of carboxylic acid groups (broad SMARTS) is 1. The van der Waals surface area contributed by atoms with Crippen LogP contribution in [0.25, 0.3) is 6.08 Å². The molecule has 0 bridgehead atoms. The van der Waals surface area contributed by atoms with E-state index in [1.54, 1.807) is 12.1 Å². The number of nitrogens with one attached hydrogen (secondary N) is 1. The van der Waals surface area contributed by atoms with E-state index in [4.69, 9.17) is 4.74 Å². The number of nitrogens with zero attached hydrogens (tertiary/aromatic N) is 2. The maximum Gasteiger partial charge on any atom is 0.213 e. The van der Waals surface area contributed by atoms with Crippen molar-refractivity contribution in [2.24, 2.45) is 0 Å². The number of rotatable bonds is 8. The van der Waals surface area contributed by atoms with Gasteiger partial charge in [0.25, 0.3) is 0 Å². The summed E-state index contributed by atoms with van der Waals surface area (Å²) in [6.45, 7) is 2.37. The molecular weight excluding hydrogens is 362 g/mol. The standard InChI is InChI=1S/C20H19N3O3S/c1-2-18-21-20(23-22-18)27-17(19(24)25)12-15-9-6-10-16(11-15)26-13-14-7-4-3-5-8-14/h3-12H,2,13H2,1H3,(H,24,25)(H,21,22,23)/p-1/b17-12-. The van der Waals surface area contributed by atoms with Crippen molar-refractivity contribution in [3.8, 4) is 5.75 Å². The zero-order valence-electron chi connectivity index (χ0n) is 14.7. The predicted molar refractivity (Wildman–Crippen MR) is 102 cm³/mol. The minimum atomic E-state index is -1.28. The third kappa shape index (κ3) is 5.46. The lowest BCUT2D eigenvalue weighted by Gasteiger charge is -2.09. The van der Waals surface area contributed by atoms with Crippen LogP contribution in [-0.2, 0) is 17.8 Å². The summed E-state index contributed by atoms with van der Waals surface area (Å²) in [5.41, 5.74) is 1.75. The largest absolute Gasteiger partial charge is 0.544 e. The van der Waals surface area contributed by atoms with Gasteiger partial charge in [-0.25, -0.2) is 4.98 Å². The van der Waals surface area contributed by atoms with Crippen molar-refractivity contribution in [2.45, 2.75) is 25.1 Å². The third-order valence-electron chi connectivity index (χ3n) is 3.65. The molecule has 3 rings (SSSR count). The fourth-order valence-electron chi connectivity index (χ4n) is 2.30. The molecule has 0 saturated heterocycles. The van der Waals surface area contributed by atoms with Crippen LogP contribution in [0.2, 0.25) is 0 Å². The van der Waals surface area contributed by atoms with Crippen molar-refractivity contribution in [2.75, 3.05) is 0 Å². The lowest BCUT2D eigenvalue weighted by atomic mass is 10.2. The van der Waals surface area contributed by atoms with Crippen molar-refractivity contribution in [3.63, 3.8) is 0 Å². The number of thioether (sulfide) groups is 1. The first-order chi connectivity index (χ1) is 13.1. The number of H-pyrrole nitrogens is 1. The normalized spacial score (nSPS) is 11.4. The molecule has 0 aliphatic rings. The zero-order valence-corrected chi connectivity index (χ0v) is 15.5. The molecule has 0 radical (unpaired) electrons. The topological polar surface area (TPSA) is 90.9 Å². The molecule has 27 heavy (non-hydrogen) atoms. The van der Waals surface area contributed by atoms with E-state index in [0.717, 1.165) is 17.3 Å². The van der Waals surface area contributed by atoms with Crippen LogP contribution >= 0.6 is 11.8 Å². The van der Waals surface area contributed by atoms with Gasteiger partial charge >= 0.3 is 0 Å². The quantitative estimate of drug-likeness (QED) is 0.477. The molecule has 7 heteroatoms. The Labute approximate surface area is 161 Å². The second-order valence-corrected chi connectivity index (χ2v) is 6.67. The number of hydrogen-bond acceptors (Lipinski definition) is 6. The van der Waals surface area contributed by atoms with Crippen molar-refractivity contribution in [3.05, 3.63) is 76.5 Å². The highest BCUT2D eigenvalue weighted by molar-refractivity contribution is 8.04. The number of aliphatic carboxylic acids is 1. The van der Waals surface area contributed by atoms with E-state index in [2.05, 4.69) is 15.2 Å². The van der Waals surface area contributed by atoms with E-state index in [1.807, 2.05) is 49.4 Å². The Hall–Kier alpha value is -3.06. The van der Waals surface area contributed by atoms with Gasteiger partial charge in [-0.15, -0.1) is 5.10 Å². The van der Waals surface area contributed by atoms with Crippen LogP contribution in [0.3, 0.4) is 0 Å². The Morgan fingerprint density at radius 1 is 1.22 bits per heavy atom. The fourth-order valence-corrected chi connectivity index (χ4v) is 3.02. The summed E-state index contributed by atoms with van der Waals surface area (Å²) >= 11 is 0.949. The average molecular weight is 380 g/mol. The van der Waals surface area contributed by atoms with Crippen LogP contribution in [0.4, 0.5) is 0 Å². The molecule has 2 aromatic carbocycles. The van der Waals surface area contributed by atoms with Gasteiger partial charge in [0.05, 0.1) is 5.97 Å². The van der Waals surface area contributed by atoms with Gasteiger partial charge in [0.2, 0.25) is 5.16 Å². The van der Waals surface area contributed by atoms with Crippen LogP contribution in [0.1, 0.15) is 23.9 Å². The zero-order chi connectivity index (χ0) is 19.1. The average Bonchev–Trinajstić information content (AvgIpc) is 3.15. The monoisotopic (exact) mass is 380 g/mol. The van der Waals surface area contributed by atoms with Gasteiger partial charge in [0.1, 0.15) is 18.2 Å². The number of hydrogen-bond donors (Lipinski definition) is 1. The van der Waals surface area contributed by atoms with Gasteiger partial charge in [-0.05, 0) is 41.1 Å². The minimum absolute atomic E-state index is 0.0249. The molecule has 138 valence electrons. The Balaban J connectivity index is 1.73. The molecule has 1 N–H and O–H groups in total. The Bertz CT molecular complexity index is 938. The molecule has 0 amide bonds. The number of carbonyl (C=O) groups excluding carboxylic acids is 1. The molecule has 0 saturated carbocycles. The SMILES string of the molecule is CCc1nc(S/C(=C\c2cccc(OCc3ccccc3)c2)C(=O)[O-])n[nH]1. The first kappa shape index (κ1) is 18.7. The molecule has 6 nitrogen and oxygen atoms in total. The van der Waals surface area contributed by atoms with E-state index in [9.17, 15) is 9.90 Å². The number of aromatic amines is 1. The van der Waals surface area contributed by atoms with Gasteiger partial charge in [-0.2, -0.15) is 0 Å². The van der Waals surface area contributed by atoms with Gasteiger partial charge in [-0.3, -0.25) is 5.10 Å². The number of carbonyl (C=O) groups is 1. The van der Waals surface area contributed by atoms with E-state index < -0.39 is 5.97 Å². The van der Waals surface area contributed by atoms with Crippen LogP contribution in [-0.4, -0.2) is 21.2 Å². The predicted octanol–water partition coefficient (Wildman–Crippen LogP) is 2.83. The second-order valence-electron chi connectivity index (χ2n) is 5.66. The molecule has 3 aromatic rings. The maximum absolute atomic E-state index is 11.5. The first-order valence-corrected chi connectivity index (χ1v) is 9.24. The van der Waals surface area contributed by atoms with E-state index in [0.29, 0.717) is 35.3 Å². The third-order valence-corrected chi connectivity index (χ3v) is 4.52. The summed E-state index contributed by atoms with van der Waals surface area (Å²) in [6, 6.07) is 17.0. The smallest absolute Gasteiger partial charge is 0.213 e. The Morgan fingerprint density at radius 3 is 2.74 bits per heavy atom. The highest BCUT2D eigenvalue weighted by Crippen LogP contribution is 2.26. The van der Waals surface area contributed by atoms with Crippen molar-refractivity contribution < 1.29 is 14.6 Å². The minimum Gasteiger partial charge on any atom is -0.544 e. The van der Waals surface area contributed by atoms with Crippen LogP contribution in [0, 0.1) is 0 Å². The fraction of sp³-hybridized carbons (Fsp3) is 0.150. The lowest BCUT2D eigenvalue weighted by molar-refractivity contribution is -0.297. The molecule has 0 aliphatic carbocycles. The summed E-state index contributed by atoms with van der Waals surface area (Å²) in [5.74, 6) is 0.0754. The Morgan fingerprint density at radius 2 is 2.04 bits per heavy atom. The molecular formula is C20H18N3O3S-. The van der Waals surface area contributed by atoms with Crippen molar-refractivity contribution in [1.82, 2.24) is 15.2 Å². The summed E-state index contributed by atoms with van der Waals surface area (Å²) in [6.07, 6.45) is 2.22. The molecule has 0 spiro atoms. The summed E-state index contributed by atoms with van der Waals surface area (Å²) < 4.78 is 5.78. The number of benzene rings is 2. The van der Waals surface area contributed by atoms with Gasteiger partial charge in [-0.1, -0.05) is 49.4 Å². The molecule has 0 fully saturated rings. The van der Waals surface area contributed by atoms with Gasteiger partial charge < -0.3 is 14.6 Å². The first-order valence-electron chi connectivity index (χ1n) is 8.43. The summed E-state index contributed by atoms with van der Waals surface area (Å²) in [7, 11) is 0. The van der Waals surface area contributed by atoms with E-state index in [1.165, 1.54) is 6.08 Å². The second kappa shape index (κ2) is 9.05. The number of ether oxygens (including phenoxy) is 1. The molecule has 1 aromatic heterocycles. The van der Waals surface area contributed by atoms with Crippen LogP contribution in [0.15, 0.2) is 64.7 Å². The highest BCUT2D eigenvalue weighted by Gasteiger charge is 2.08. The molecule has 0 aliphatic heterocycles. The molecule has 0 unspecified atom stereocenters. The molecule has 0 atom stereocenters. The van der Waals surface area contributed by atoms with E-state index >= 15 is 0 Å². The van der Waals surface area contributed by atoms with Crippen LogP contribution < -0.4 is 9.84 Å². The van der Waals surface area contributed by atoms with E-state index in [-0.39, 0.29) is 4.91 Å². The lowest BCUT2D eigenvalue weighted by Crippen LogP contribution is -2.23. The number of aryl methyl sites for hydroxylation is 1. The highest BCUT2D eigenvalue weighted by atomic mass is 32.2. The van der Waals surface area contributed by atoms with Crippen molar-refractivity contribution >= 4 is 23.8 Å². The van der Waals surface area contributed by atoms with Gasteiger partial charge in [0, 0.05) is 11.3 Å². The van der Waals surface area contributed by atoms with Gasteiger partial charge in [0.15, 0.2) is 0 Å². The number of aromatic nitrogens is 3. The molecule has 1 heterocycles. The summed E-state index contributed by atoms with van der Waals surface area (Å²) in [4.78, 5) is 15.7. The Kier molecular flexibility index (Phi) is 6.27. The summed E-state index contributed by atoms with van der Waals surface area (Å²) in [5, 5.41) is 18.6.